The molecule has 0 bridgehead atoms. The zero-order valence-corrected chi connectivity index (χ0v) is 14.5. The van der Waals surface area contributed by atoms with Crippen LogP contribution in [0.3, 0.4) is 0 Å². The van der Waals surface area contributed by atoms with Crippen molar-refractivity contribution in [3.63, 3.8) is 0 Å². The number of rotatable bonds is 2. The third-order valence-corrected chi connectivity index (χ3v) is 5.59. The van der Waals surface area contributed by atoms with E-state index in [9.17, 15) is 0 Å². The molecule has 118 valence electrons. The van der Waals surface area contributed by atoms with E-state index >= 15 is 0 Å². The summed E-state index contributed by atoms with van der Waals surface area (Å²) in [5, 5.41) is 3.63. The topological polar surface area (TPSA) is 18.5 Å². The molecule has 0 aromatic rings. The molecule has 2 atom stereocenters. The summed E-state index contributed by atoms with van der Waals surface area (Å²) in [6.07, 6.45) is 4.11. The van der Waals surface area contributed by atoms with Gasteiger partial charge in [0.05, 0.1) is 0 Å². The van der Waals surface area contributed by atoms with Crippen molar-refractivity contribution in [1.29, 1.82) is 0 Å². The van der Waals surface area contributed by atoms with Gasteiger partial charge in [0, 0.05) is 43.8 Å². The fraction of sp³-hybridized carbons (Fsp3) is 1.00. The summed E-state index contributed by atoms with van der Waals surface area (Å²) in [6, 6.07) is 1.36. The molecule has 2 rings (SSSR count). The minimum atomic E-state index is 0.320. The third-order valence-electron chi connectivity index (χ3n) is 5.59. The second kappa shape index (κ2) is 5.94. The van der Waals surface area contributed by atoms with Crippen molar-refractivity contribution in [2.45, 2.75) is 71.5 Å². The first-order valence-corrected chi connectivity index (χ1v) is 8.42. The number of hydrogen-bond acceptors (Lipinski definition) is 3. The maximum absolute atomic E-state index is 3.63. The molecule has 1 saturated carbocycles. The van der Waals surface area contributed by atoms with Gasteiger partial charge in [0.15, 0.2) is 0 Å². The zero-order chi connectivity index (χ0) is 15.0. The van der Waals surface area contributed by atoms with Crippen LogP contribution < -0.4 is 5.32 Å². The molecule has 1 aliphatic carbocycles. The molecule has 20 heavy (non-hydrogen) atoms. The van der Waals surface area contributed by atoms with E-state index in [4.69, 9.17) is 0 Å². The summed E-state index contributed by atoms with van der Waals surface area (Å²) in [6.45, 7) is 16.8. The van der Waals surface area contributed by atoms with Gasteiger partial charge in [-0.3, -0.25) is 9.80 Å². The van der Waals surface area contributed by atoms with Crippen molar-refractivity contribution in [1.82, 2.24) is 15.1 Å². The van der Waals surface area contributed by atoms with Gasteiger partial charge in [0.2, 0.25) is 0 Å². The van der Waals surface area contributed by atoms with Gasteiger partial charge in [-0.25, -0.2) is 0 Å². The van der Waals surface area contributed by atoms with Crippen molar-refractivity contribution < 1.29 is 0 Å². The second-order valence-electron chi connectivity index (χ2n) is 8.41. The van der Waals surface area contributed by atoms with E-state index in [2.05, 4.69) is 56.8 Å². The standard InChI is InChI=1S/C17H35N3/c1-16(2,3)20-12-10-19(11-13-20)14-8-7-9-17(4,5)15(14)18-6/h14-15,18H,7-13H2,1-6H3. The maximum Gasteiger partial charge on any atom is 0.0271 e. The lowest BCUT2D eigenvalue weighted by Crippen LogP contribution is -2.62. The first-order chi connectivity index (χ1) is 9.25. The molecule has 1 saturated heterocycles. The monoisotopic (exact) mass is 281 g/mol. The van der Waals surface area contributed by atoms with Crippen LogP contribution in [0.4, 0.5) is 0 Å². The third kappa shape index (κ3) is 3.37. The molecule has 1 aliphatic heterocycles. The van der Waals surface area contributed by atoms with Crippen molar-refractivity contribution >= 4 is 0 Å². The Balaban J connectivity index is 1.99. The fourth-order valence-corrected chi connectivity index (χ4v) is 4.31. The van der Waals surface area contributed by atoms with Crippen LogP contribution in [0.1, 0.15) is 53.9 Å². The Morgan fingerprint density at radius 2 is 1.65 bits per heavy atom. The van der Waals surface area contributed by atoms with E-state index < -0.39 is 0 Å². The maximum atomic E-state index is 3.63. The molecule has 2 aliphatic rings. The Kier molecular flexibility index (Phi) is 4.83. The van der Waals surface area contributed by atoms with Gasteiger partial charge in [-0.15, -0.1) is 0 Å². The van der Waals surface area contributed by atoms with Gasteiger partial charge in [0.25, 0.3) is 0 Å². The Labute approximate surface area is 126 Å². The number of nitrogens with zero attached hydrogens (tertiary/aromatic N) is 2. The average Bonchev–Trinajstić information content (AvgIpc) is 2.36. The molecule has 0 radical (unpaired) electrons. The largest absolute Gasteiger partial charge is 0.315 e. The minimum Gasteiger partial charge on any atom is -0.315 e. The second-order valence-corrected chi connectivity index (χ2v) is 8.41. The Morgan fingerprint density at radius 1 is 1.05 bits per heavy atom. The number of nitrogens with one attached hydrogen (secondary N) is 1. The van der Waals surface area contributed by atoms with E-state index in [1.54, 1.807) is 0 Å². The highest BCUT2D eigenvalue weighted by atomic mass is 15.3. The molecule has 1 heterocycles. The predicted molar refractivity (Wildman–Crippen MR) is 87.2 cm³/mol. The van der Waals surface area contributed by atoms with Crippen LogP contribution in [0.25, 0.3) is 0 Å². The van der Waals surface area contributed by atoms with Crippen molar-refractivity contribution in [3.8, 4) is 0 Å². The molecule has 2 unspecified atom stereocenters. The lowest BCUT2D eigenvalue weighted by Gasteiger charge is -2.51. The molecule has 0 amide bonds. The molecule has 3 heteroatoms. The lowest BCUT2D eigenvalue weighted by molar-refractivity contribution is -0.00121. The molecule has 2 fully saturated rings. The molecule has 3 nitrogen and oxygen atoms in total. The van der Waals surface area contributed by atoms with E-state index in [1.807, 2.05) is 0 Å². The van der Waals surface area contributed by atoms with Crippen LogP contribution in [0.5, 0.6) is 0 Å². The van der Waals surface area contributed by atoms with E-state index in [-0.39, 0.29) is 0 Å². The highest BCUT2D eigenvalue weighted by Crippen LogP contribution is 2.38. The highest BCUT2D eigenvalue weighted by Gasteiger charge is 2.41. The van der Waals surface area contributed by atoms with Crippen LogP contribution in [0.15, 0.2) is 0 Å². The molecule has 1 N–H and O–H groups in total. The molecule has 0 aromatic heterocycles. The number of piperazine rings is 1. The lowest BCUT2D eigenvalue weighted by atomic mass is 9.70. The van der Waals surface area contributed by atoms with Gasteiger partial charge >= 0.3 is 0 Å². The quantitative estimate of drug-likeness (QED) is 0.839. The van der Waals surface area contributed by atoms with E-state index in [1.165, 1.54) is 45.4 Å². The van der Waals surface area contributed by atoms with Crippen LogP contribution >= 0.6 is 0 Å². The highest BCUT2D eigenvalue weighted by molar-refractivity contribution is 4.99. The summed E-state index contributed by atoms with van der Waals surface area (Å²) < 4.78 is 0. The first-order valence-electron chi connectivity index (χ1n) is 8.42. The minimum absolute atomic E-state index is 0.320. The van der Waals surface area contributed by atoms with Crippen LogP contribution in [0.2, 0.25) is 0 Å². The van der Waals surface area contributed by atoms with Gasteiger partial charge in [0.1, 0.15) is 0 Å². The van der Waals surface area contributed by atoms with Crippen LogP contribution in [-0.2, 0) is 0 Å². The molecular weight excluding hydrogens is 246 g/mol. The van der Waals surface area contributed by atoms with E-state index in [0.717, 1.165) is 6.04 Å². The molecular formula is C17H35N3. The SMILES string of the molecule is CNC1C(N2CCN(C(C)(C)C)CC2)CCCC1(C)C. The predicted octanol–water partition coefficient (Wildman–Crippen LogP) is 2.57. The Hall–Kier alpha value is -0.120. The van der Waals surface area contributed by atoms with E-state index in [0.29, 0.717) is 17.0 Å². The molecule has 0 aromatic carbocycles. The van der Waals surface area contributed by atoms with Gasteiger partial charge in [-0.05, 0) is 46.1 Å². The van der Waals surface area contributed by atoms with Gasteiger partial charge in [-0.2, -0.15) is 0 Å². The summed E-state index contributed by atoms with van der Waals surface area (Å²) in [4.78, 5) is 5.39. The Bertz CT molecular complexity index is 311. The summed E-state index contributed by atoms with van der Waals surface area (Å²) in [5.41, 5.74) is 0.749. The van der Waals surface area contributed by atoms with Gasteiger partial charge in [-0.1, -0.05) is 20.3 Å². The van der Waals surface area contributed by atoms with Crippen LogP contribution in [0, 0.1) is 5.41 Å². The smallest absolute Gasteiger partial charge is 0.0271 e. The number of hydrogen-bond donors (Lipinski definition) is 1. The average molecular weight is 281 g/mol. The van der Waals surface area contributed by atoms with Gasteiger partial charge < -0.3 is 5.32 Å². The van der Waals surface area contributed by atoms with Crippen molar-refractivity contribution in [2.24, 2.45) is 5.41 Å². The van der Waals surface area contributed by atoms with Crippen molar-refractivity contribution in [3.05, 3.63) is 0 Å². The molecule has 0 spiro atoms. The summed E-state index contributed by atoms with van der Waals surface area (Å²) >= 11 is 0. The Morgan fingerprint density at radius 3 is 2.15 bits per heavy atom. The van der Waals surface area contributed by atoms with Crippen LogP contribution in [-0.4, -0.2) is 60.6 Å². The first kappa shape index (κ1) is 16.3. The number of likely N-dealkylation sites (N-methyl/N-ethyl adjacent to an activating group) is 1. The fourth-order valence-electron chi connectivity index (χ4n) is 4.31. The zero-order valence-electron chi connectivity index (χ0n) is 14.5. The van der Waals surface area contributed by atoms with Crippen molar-refractivity contribution in [2.75, 3.05) is 33.2 Å². The normalized spacial score (nSPS) is 33.3. The summed E-state index contributed by atoms with van der Waals surface area (Å²) in [5.74, 6) is 0. The summed E-state index contributed by atoms with van der Waals surface area (Å²) in [7, 11) is 2.15.